The van der Waals surface area contributed by atoms with Crippen LogP contribution in [0.5, 0.6) is 11.5 Å². The van der Waals surface area contributed by atoms with Crippen LogP contribution in [-0.2, 0) is 9.84 Å². The van der Waals surface area contributed by atoms with E-state index in [9.17, 15) is 18.0 Å². The van der Waals surface area contributed by atoms with Crippen molar-refractivity contribution in [3.8, 4) is 11.5 Å². The molecule has 3 rings (SSSR count). The first kappa shape index (κ1) is 26.3. The average Bonchev–Trinajstić information content (AvgIpc) is 3.15. The van der Waals surface area contributed by atoms with Crippen LogP contribution in [0.25, 0.3) is 11.0 Å². The predicted molar refractivity (Wildman–Crippen MR) is 136 cm³/mol. The summed E-state index contributed by atoms with van der Waals surface area (Å²) in [6.07, 6.45) is 1.94. The number of H-pyrrole nitrogens is 1. The maximum Gasteiger partial charge on any atom is 0.327 e. The zero-order valence-corrected chi connectivity index (χ0v) is 21.6. The minimum Gasteiger partial charge on any atom is -0.493 e. The molecule has 1 atom stereocenters. The largest absolute Gasteiger partial charge is 0.493 e. The second-order valence-electron chi connectivity index (χ2n) is 8.34. The zero-order valence-electron chi connectivity index (χ0n) is 20.8. The molecule has 1 heterocycles. The van der Waals surface area contributed by atoms with Gasteiger partial charge >= 0.3 is 5.69 Å². The molecule has 1 amide bonds. The van der Waals surface area contributed by atoms with Crippen LogP contribution in [0.2, 0.25) is 0 Å². The molecule has 0 aliphatic heterocycles. The minimum absolute atomic E-state index is 0.184. The first-order valence-corrected chi connectivity index (χ1v) is 13.7. The number of benzene rings is 2. The highest BCUT2D eigenvalue weighted by Gasteiger charge is 2.27. The fourth-order valence-electron chi connectivity index (χ4n) is 4.26. The van der Waals surface area contributed by atoms with Crippen LogP contribution in [0.4, 0.5) is 0 Å². The second kappa shape index (κ2) is 11.0. The normalized spacial score (nSPS) is 12.5. The van der Waals surface area contributed by atoms with Crippen LogP contribution >= 0.6 is 0 Å². The summed E-state index contributed by atoms with van der Waals surface area (Å²) in [5.74, 6) is 0.458. The summed E-state index contributed by atoms with van der Waals surface area (Å²) in [5, 5.41) is 0. The van der Waals surface area contributed by atoms with Gasteiger partial charge in [-0.25, -0.2) is 13.2 Å². The third-order valence-electron chi connectivity index (χ3n) is 5.79. The first-order chi connectivity index (χ1) is 16.6. The zero-order chi connectivity index (χ0) is 25.8. The van der Waals surface area contributed by atoms with Gasteiger partial charge in [-0.15, -0.1) is 0 Å². The van der Waals surface area contributed by atoms with Crippen LogP contribution in [0.1, 0.15) is 49.2 Å². The molecule has 1 unspecified atom stereocenters. The number of sulfone groups is 1. The Morgan fingerprint density at radius 3 is 2.49 bits per heavy atom. The lowest BCUT2D eigenvalue weighted by Crippen LogP contribution is -2.31. The van der Waals surface area contributed by atoms with E-state index in [4.69, 9.17) is 9.47 Å². The highest BCUT2D eigenvalue weighted by molar-refractivity contribution is 7.90. The monoisotopic (exact) mass is 503 g/mol. The number of hydrogen-bond acceptors (Lipinski definition) is 6. The number of fused-ring (bicyclic) bond motifs is 1. The van der Waals surface area contributed by atoms with Crippen molar-refractivity contribution in [3.63, 3.8) is 0 Å². The number of carbonyl (C=O) groups excluding carboxylic acids is 1. The number of hydrogen-bond donors (Lipinski definition) is 1. The molecule has 10 heteroatoms. The van der Waals surface area contributed by atoms with Crippen LogP contribution in [-0.4, -0.2) is 67.6 Å². The summed E-state index contributed by atoms with van der Waals surface area (Å²) in [5.41, 5.74) is 1.28. The molecule has 0 radical (unpaired) electrons. The number of rotatable bonds is 11. The van der Waals surface area contributed by atoms with Gasteiger partial charge < -0.3 is 19.4 Å². The Kier molecular flexibility index (Phi) is 8.26. The van der Waals surface area contributed by atoms with Crippen molar-refractivity contribution in [2.24, 2.45) is 0 Å². The van der Waals surface area contributed by atoms with Crippen molar-refractivity contribution in [2.45, 2.75) is 33.2 Å². The topological polar surface area (TPSA) is 111 Å². The van der Waals surface area contributed by atoms with Crippen LogP contribution in [0, 0.1) is 0 Å². The van der Waals surface area contributed by atoms with Gasteiger partial charge in [0.1, 0.15) is 9.84 Å². The average molecular weight is 504 g/mol. The summed E-state index contributed by atoms with van der Waals surface area (Å²) < 4.78 is 37.3. The van der Waals surface area contributed by atoms with Crippen molar-refractivity contribution < 1.29 is 22.7 Å². The number of aromatic amines is 1. The first-order valence-electron chi connectivity index (χ1n) is 11.7. The molecule has 0 aliphatic carbocycles. The van der Waals surface area contributed by atoms with Gasteiger partial charge in [0.15, 0.2) is 11.5 Å². The quantitative estimate of drug-likeness (QED) is 0.430. The van der Waals surface area contributed by atoms with E-state index >= 15 is 0 Å². The smallest absolute Gasteiger partial charge is 0.327 e. The van der Waals surface area contributed by atoms with Gasteiger partial charge in [0.05, 0.1) is 42.1 Å². The second-order valence-corrected chi connectivity index (χ2v) is 10.5. The van der Waals surface area contributed by atoms with Gasteiger partial charge in [0.2, 0.25) is 0 Å². The Bertz CT molecular complexity index is 1360. The lowest BCUT2D eigenvalue weighted by molar-refractivity contribution is 0.0766. The molecular weight excluding hydrogens is 470 g/mol. The molecule has 1 aromatic heterocycles. The van der Waals surface area contributed by atoms with Gasteiger partial charge in [-0.05, 0) is 50.1 Å². The molecule has 1 N–H and O–H groups in total. The molecule has 35 heavy (non-hydrogen) atoms. The van der Waals surface area contributed by atoms with Crippen molar-refractivity contribution >= 4 is 26.8 Å². The number of aromatic nitrogens is 2. The Balaban J connectivity index is 2.23. The third kappa shape index (κ3) is 5.70. The van der Waals surface area contributed by atoms with E-state index in [-0.39, 0.29) is 11.7 Å². The Hall–Kier alpha value is -3.27. The fraction of sp³-hybridized carbons (Fsp3) is 0.440. The molecule has 0 aliphatic rings. The maximum atomic E-state index is 13.2. The molecule has 0 saturated heterocycles. The lowest BCUT2D eigenvalue weighted by Gasteiger charge is -2.21. The van der Waals surface area contributed by atoms with Crippen molar-refractivity contribution in [3.05, 3.63) is 58.0 Å². The predicted octanol–water partition coefficient (Wildman–Crippen LogP) is 3.24. The standard InChI is InChI=1S/C25H33N3O6S/c1-6-14-27(7-2)24(29)18-10-9-11-19-23(18)26-25(30)28(19)20(16-35(5,31)32)17-12-13-21(33-4)22(15-17)34-8-3/h9-13,15,20H,6-8,14,16H2,1-5H3,(H,26,30). The molecule has 190 valence electrons. The molecule has 3 aromatic rings. The summed E-state index contributed by atoms with van der Waals surface area (Å²) in [4.78, 5) is 31.0. The number of para-hydroxylation sites is 1. The Labute approximate surface area is 205 Å². The highest BCUT2D eigenvalue weighted by Crippen LogP contribution is 2.33. The van der Waals surface area contributed by atoms with Crippen LogP contribution < -0.4 is 15.2 Å². The van der Waals surface area contributed by atoms with Gasteiger partial charge in [-0.2, -0.15) is 0 Å². The molecule has 0 bridgehead atoms. The van der Waals surface area contributed by atoms with Gasteiger partial charge in [0.25, 0.3) is 5.91 Å². The molecule has 0 fully saturated rings. The summed E-state index contributed by atoms with van der Waals surface area (Å²) in [7, 11) is -1.98. The summed E-state index contributed by atoms with van der Waals surface area (Å²) in [6, 6.07) is 9.35. The Morgan fingerprint density at radius 2 is 1.89 bits per heavy atom. The van der Waals surface area contributed by atoms with Crippen LogP contribution in [0.3, 0.4) is 0 Å². The number of imidazole rings is 1. The van der Waals surface area contributed by atoms with Gasteiger partial charge in [-0.3, -0.25) is 9.36 Å². The van der Waals surface area contributed by atoms with E-state index in [0.717, 1.165) is 12.7 Å². The SMILES string of the molecule is CCCN(CC)C(=O)c1cccc2c1[nH]c(=O)n2C(CS(C)(=O)=O)c1ccc(OC)c(OCC)c1. The van der Waals surface area contributed by atoms with Gasteiger partial charge in [-0.1, -0.05) is 19.1 Å². The number of amides is 1. The third-order valence-corrected chi connectivity index (χ3v) is 6.71. The summed E-state index contributed by atoms with van der Waals surface area (Å²) in [6.45, 7) is 7.26. The van der Waals surface area contributed by atoms with E-state index in [1.54, 1.807) is 41.3 Å². The fourth-order valence-corrected chi connectivity index (χ4v) is 5.17. The molecule has 0 saturated carbocycles. The van der Waals surface area contributed by atoms with Crippen molar-refractivity contribution in [1.82, 2.24) is 14.5 Å². The van der Waals surface area contributed by atoms with E-state index in [1.165, 1.54) is 11.7 Å². The molecule has 9 nitrogen and oxygen atoms in total. The summed E-state index contributed by atoms with van der Waals surface area (Å²) >= 11 is 0. The number of methoxy groups -OCH3 is 1. The van der Waals surface area contributed by atoms with Crippen LogP contribution in [0.15, 0.2) is 41.2 Å². The van der Waals surface area contributed by atoms with E-state index in [2.05, 4.69) is 4.98 Å². The number of ether oxygens (including phenoxy) is 2. The lowest BCUT2D eigenvalue weighted by atomic mass is 10.1. The van der Waals surface area contributed by atoms with Gasteiger partial charge in [0, 0.05) is 19.3 Å². The Morgan fingerprint density at radius 1 is 1.14 bits per heavy atom. The van der Waals surface area contributed by atoms with Crippen molar-refractivity contribution in [1.29, 1.82) is 0 Å². The molecule has 2 aromatic carbocycles. The molecular formula is C25H33N3O6S. The van der Waals surface area contributed by atoms with E-state index < -0.39 is 21.6 Å². The number of nitrogens with one attached hydrogen (secondary N) is 1. The van der Waals surface area contributed by atoms with E-state index in [0.29, 0.717) is 53.4 Å². The number of nitrogens with zero attached hydrogens (tertiary/aromatic N) is 2. The molecule has 0 spiro atoms. The van der Waals surface area contributed by atoms with E-state index in [1.807, 2.05) is 20.8 Å². The van der Waals surface area contributed by atoms with Crippen molar-refractivity contribution in [2.75, 3.05) is 38.8 Å². The highest BCUT2D eigenvalue weighted by atomic mass is 32.2. The number of carbonyl (C=O) groups is 1. The maximum absolute atomic E-state index is 13.2. The minimum atomic E-state index is -3.50.